The van der Waals surface area contributed by atoms with Crippen molar-refractivity contribution in [2.45, 2.75) is 93.4 Å². The van der Waals surface area contributed by atoms with Gasteiger partial charge in [-0.05, 0) is 86.2 Å². The Kier molecular flexibility index (Phi) is 5.34. The van der Waals surface area contributed by atoms with Gasteiger partial charge in [0, 0.05) is 22.2 Å². The molecule has 0 aromatic carbocycles. The van der Waals surface area contributed by atoms with Gasteiger partial charge in [-0.3, -0.25) is 9.59 Å². The Balaban J connectivity index is 1.75. The van der Waals surface area contributed by atoms with E-state index in [1.54, 1.807) is 6.92 Å². The van der Waals surface area contributed by atoms with Crippen molar-refractivity contribution < 1.29 is 14.4 Å². The fourth-order valence-electron chi connectivity index (χ4n) is 10.1. The van der Waals surface area contributed by atoms with E-state index in [9.17, 15) is 14.4 Å². The molecule has 5 aliphatic rings. The van der Waals surface area contributed by atoms with Crippen molar-refractivity contribution in [3.05, 3.63) is 34.8 Å². The molecule has 4 heteroatoms. The number of carbonyl (C=O) groups is 3. The van der Waals surface area contributed by atoms with Gasteiger partial charge in [0.05, 0.1) is 12.0 Å². The number of Topliss-reactive ketones (excluding diaryl/α,β-unsaturated/α-hetero) is 2. The molecule has 196 valence electrons. The van der Waals surface area contributed by atoms with Crippen molar-refractivity contribution >= 4 is 17.3 Å². The highest BCUT2D eigenvalue weighted by Crippen LogP contribution is 2.74. The molecule has 3 saturated carbocycles. The third-order valence-corrected chi connectivity index (χ3v) is 12.2. The summed E-state index contributed by atoms with van der Waals surface area (Å²) in [5.41, 5.74) is -1.79. The number of hydrogen-bond acceptors (Lipinski definition) is 3. The Morgan fingerprint density at radius 1 is 1.05 bits per heavy atom. The molecule has 5 aliphatic carbocycles. The molecule has 0 spiro atoms. The van der Waals surface area contributed by atoms with Gasteiger partial charge in [-0.25, -0.2) is 4.85 Å². The Bertz CT molecular complexity index is 1270. The van der Waals surface area contributed by atoms with Gasteiger partial charge in [0.25, 0.3) is 0 Å². The van der Waals surface area contributed by atoms with Crippen LogP contribution in [0.15, 0.2) is 23.4 Å². The van der Waals surface area contributed by atoms with E-state index in [0.717, 1.165) is 50.5 Å². The summed E-state index contributed by atoms with van der Waals surface area (Å²) in [5.74, 6) is 3.11. The predicted octanol–water partition coefficient (Wildman–Crippen LogP) is 6.76. The first kappa shape index (κ1) is 26.2. The van der Waals surface area contributed by atoms with Crippen molar-refractivity contribution in [3.8, 4) is 12.3 Å². The van der Waals surface area contributed by atoms with Crippen LogP contribution in [0.2, 0.25) is 0 Å². The number of fused-ring (bicyclic) bond motifs is 7. The Hall–Kier alpha value is -2.46. The van der Waals surface area contributed by atoms with E-state index in [4.69, 9.17) is 13.0 Å². The second-order valence-corrected chi connectivity index (χ2v) is 14.7. The summed E-state index contributed by atoms with van der Waals surface area (Å²) >= 11 is 0. The molecule has 7 atom stereocenters. The van der Waals surface area contributed by atoms with Gasteiger partial charge in [0.1, 0.15) is 5.78 Å². The number of terminal acetylenes is 1. The molecular weight excluding hydrogens is 458 g/mol. The predicted molar refractivity (Wildman–Crippen MR) is 144 cm³/mol. The lowest BCUT2D eigenvalue weighted by atomic mass is 9.34. The molecule has 0 heterocycles. The minimum absolute atomic E-state index is 0.0210. The van der Waals surface area contributed by atoms with Crippen LogP contribution in [0.5, 0.6) is 0 Å². The zero-order valence-corrected chi connectivity index (χ0v) is 23.6. The summed E-state index contributed by atoms with van der Waals surface area (Å²) in [7, 11) is 0. The quantitative estimate of drug-likeness (QED) is 0.296. The second-order valence-electron chi connectivity index (χ2n) is 14.7. The lowest BCUT2D eigenvalue weighted by Gasteiger charge is -2.68. The number of allylic oxidation sites excluding steroid dienone is 4. The molecule has 0 aliphatic heterocycles. The molecule has 0 aromatic heterocycles. The number of hydrogen-bond donors (Lipinski definition) is 0. The third kappa shape index (κ3) is 3.00. The largest absolute Gasteiger partial charge is 0.307 e. The van der Waals surface area contributed by atoms with E-state index < -0.39 is 27.1 Å². The maximum absolute atomic E-state index is 14.4. The minimum atomic E-state index is -0.713. The average molecular weight is 500 g/mol. The van der Waals surface area contributed by atoms with Crippen LogP contribution in [0, 0.1) is 69.2 Å². The normalized spacial score (nSPS) is 45.5. The van der Waals surface area contributed by atoms with E-state index in [-0.39, 0.29) is 46.2 Å². The summed E-state index contributed by atoms with van der Waals surface area (Å²) in [6, 6.07) is 0. The highest BCUT2D eigenvalue weighted by atomic mass is 16.1. The van der Waals surface area contributed by atoms with Crippen molar-refractivity contribution in [1.29, 1.82) is 0 Å². The van der Waals surface area contributed by atoms with Crippen molar-refractivity contribution in [3.63, 3.8) is 0 Å². The summed E-state index contributed by atoms with van der Waals surface area (Å²) < 4.78 is 0. The lowest BCUT2D eigenvalue weighted by molar-refractivity contribution is -0.171. The van der Waals surface area contributed by atoms with Gasteiger partial charge in [-0.1, -0.05) is 53.5 Å². The first-order valence-electron chi connectivity index (χ1n) is 14.0. The van der Waals surface area contributed by atoms with Crippen LogP contribution in [0.3, 0.4) is 0 Å². The number of carbonyl (C=O) groups excluding carboxylic acids is 3. The zero-order chi connectivity index (χ0) is 27.4. The van der Waals surface area contributed by atoms with Gasteiger partial charge < -0.3 is 4.79 Å². The number of ketones is 3. The van der Waals surface area contributed by atoms with Crippen molar-refractivity contribution in [2.75, 3.05) is 0 Å². The first-order chi connectivity index (χ1) is 17.1. The van der Waals surface area contributed by atoms with E-state index in [1.807, 2.05) is 26.0 Å². The van der Waals surface area contributed by atoms with E-state index in [1.165, 1.54) is 0 Å². The molecule has 0 N–H and O–H groups in total. The monoisotopic (exact) mass is 499 g/mol. The summed E-state index contributed by atoms with van der Waals surface area (Å²) in [5, 5.41) is 0. The topological polar surface area (TPSA) is 55.6 Å². The van der Waals surface area contributed by atoms with Crippen LogP contribution < -0.4 is 0 Å². The van der Waals surface area contributed by atoms with Crippen molar-refractivity contribution in [1.82, 2.24) is 0 Å². The first-order valence-corrected chi connectivity index (χ1v) is 14.0. The van der Waals surface area contributed by atoms with Gasteiger partial charge in [-0.2, -0.15) is 0 Å². The smallest absolute Gasteiger partial charge is 0.226 e. The molecule has 37 heavy (non-hydrogen) atoms. The van der Waals surface area contributed by atoms with E-state index in [2.05, 4.69) is 38.5 Å². The fourth-order valence-corrected chi connectivity index (χ4v) is 10.1. The Labute approximate surface area is 222 Å². The number of nitrogens with zero attached hydrogens (tertiary/aromatic N) is 1. The molecule has 0 aromatic rings. The van der Waals surface area contributed by atoms with Gasteiger partial charge >= 0.3 is 0 Å². The van der Waals surface area contributed by atoms with E-state index in [0.29, 0.717) is 0 Å². The van der Waals surface area contributed by atoms with Crippen LogP contribution >= 0.6 is 0 Å². The zero-order valence-electron chi connectivity index (χ0n) is 23.6. The molecule has 0 bridgehead atoms. The van der Waals surface area contributed by atoms with Crippen LogP contribution in [-0.2, 0) is 14.4 Å². The Morgan fingerprint density at radius 2 is 1.70 bits per heavy atom. The summed E-state index contributed by atoms with van der Waals surface area (Å²) in [4.78, 5) is 44.5. The molecule has 0 unspecified atom stereocenters. The van der Waals surface area contributed by atoms with Gasteiger partial charge in [0.2, 0.25) is 5.70 Å². The molecule has 4 nitrogen and oxygen atoms in total. The standard InChI is InChI=1S/C33H41NO3/c1-10-33-12-11-24-29(5,6)27(37)22(34-9)19-30(24,7)25(33)17-23(36)26-21-18-28(3,4)13-15-32(21,20(2)35)16-14-31(26,33)8/h1,17,19,21,24,26H,11-16,18H2,2-8H3/t21-,24-,26-,30-,31+,32+,33+/m0/s1. The summed E-state index contributed by atoms with van der Waals surface area (Å²) in [6.07, 6.45) is 15.9. The molecule has 0 saturated heterocycles. The van der Waals surface area contributed by atoms with Crippen LogP contribution in [0.25, 0.3) is 4.85 Å². The van der Waals surface area contributed by atoms with E-state index >= 15 is 0 Å². The average Bonchev–Trinajstić information content (AvgIpc) is 2.81. The Morgan fingerprint density at radius 3 is 2.30 bits per heavy atom. The molecular formula is C33H41NO3. The minimum Gasteiger partial charge on any atom is -0.307 e. The SMILES string of the molecule is [C-]#[N+]C1=C[C@]2(C)C3=CC(=O)[C@@H]4[C@@H]5CC(C)(C)CC[C@]5(C(C)=O)CC[C@@]4(C)[C@]3(C#C)CC[C@H]2C(C)(C)C1=O. The van der Waals surface area contributed by atoms with Crippen LogP contribution in [-0.4, -0.2) is 17.3 Å². The molecule has 3 fully saturated rings. The van der Waals surface area contributed by atoms with Gasteiger partial charge in [0.15, 0.2) is 11.6 Å². The summed E-state index contributed by atoms with van der Waals surface area (Å²) in [6.45, 7) is 22.2. The van der Waals surface area contributed by atoms with Crippen LogP contribution in [0.4, 0.5) is 0 Å². The highest BCUT2D eigenvalue weighted by molar-refractivity contribution is 6.03. The van der Waals surface area contributed by atoms with Crippen molar-refractivity contribution in [2.24, 2.45) is 50.2 Å². The molecule has 0 radical (unpaired) electrons. The molecule has 0 amide bonds. The maximum atomic E-state index is 14.4. The highest BCUT2D eigenvalue weighted by Gasteiger charge is 2.71. The second kappa shape index (κ2) is 7.56. The maximum Gasteiger partial charge on any atom is 0.226 e. The van der Waals surface area contributed by atoms with Crippen LogP contribution in [0.1, 0.15) is 93.4 Å². The lowest BCUT2D eigenvalue weighted by Crippen LogP contribution is -2.66. The third-order valence-electron chi connectivity index (χ3n) is 12.2. The fraction of sp³-hybridized carbons (Fsp3) is 0.697. The molecule has 5 rings (SSSR count). The van der Waals surface area contributed by atoms with Gasteiger partial charge in [-0.15, -0.1) is 6.42 Å². The number of rotatable bonds is 1.